The van der Waals surface area contributed by atoms with Gasteiger partial charge in [0.2, 0.25) is 0 Å². The molecule has 3 aromatic rings. The molecule has 0 N–H and O–H groups in total. The zero-order valence-electron chi connectivity index (χ0n) is 17.9. The number of likely N-dealkylation sites (N-methyl/N-ethyl adjacent to an activating group) is 1. The molecule has 0 spiro atoms. The van der Waals surface area contributed by atoms with Gasteiger partial charge in [-0.05, 0) is 53.4 Å². The fraction of sp³-hybridized carbons (Fsp3) is 0.259. The molecule has 0 atom stereocenters. The largest absolute Gasteiger partial charge is 0.492 e. The van der Waals surface area contributed by atoms with E-state index in [2.05, 4.69) is 73.7 Å². The summed E-state index contributed by atoms with van der Waals surface area (Å²) in [5.74, 6) is 0.831. The van der Waals surface area contributed by atoms with Crippen LogP contribution in [0.5, 0.6) is 5.75 Å². The smallest absolute Gasteiger partial charge is 0.119 e. The standard InChI is InChI=1S/C27H30FNO/c1-3-26(22-10-6-4-7-11-22)27(23-12-8-5-9-13-23)24-14-16-25(17-15-24)30-21-20-29(2)19-18-28/h4-17H,3,18-21H2,1-2H3/b27-26-. The summed E-state index contributed by atoms with van der Waals surface area (Å²) in [7, 11) is 1.90. The van der Waals surface area contributed by atoms with Gasteiger partial charge in [0.1, 0.15) is 19.0 Å². The summed E-state index contributed by atoms with van der Waals surface area (Å²) < 4.78 is 18.2. The molecule has 0 aliphatic carbocycles. The lowest BCUT2D eigenvalue weighted by Crippen LogP contribution is -2.26. The lowest BCUT2D eigenvalue weighted by Gasteiger charge is -2.17. The predicted molar refractivity (Wildman–Crippen MR) is 125 cm³/mol. The molecule has 0 aliphatic rings. The van der Waals surface area contributed by atoms with Gasteiger partial charge in [0, 0.05) is 13.1 Å². The van der Waals surface area contributed by atoms with Crippen LogP contribution in [0.3, 0.4) is 0 Å². The molecular formula is C27H30FNO. The molecule has 156 valence electrons. The lowest BCUT2D eigenvalue weighted by atomic mass is 9.88. The van der Waals surface area contributed by atoms with Crippen molar-refractivity contribution in [2.24, 2.45) is 0 Å². The minimum Gasteiger partial charge on any atom is -0.492 e. The van der Waals surface area contributed by atoms with Crippen molar-refractivity contribution >= 4 is 11.1 Å². The van der Waals surface area contributed by atoms with E-state index >= 15 is 0 Å². The molecule has 0 saturated carbocycles. The normalized spacial score (nSPS) is 12.0. The van der Waals surface area contributed by atoms with Crippen molar-refractivity contribution < 1.29 is 9.13 Å². The first-order valence-corrected chi connectivity index (χ1v) is 10.5. The summed E-state index contributed by atoms with van der Waals surface area (Å²) in [6, 6.07) is 29.4. The van der Waals surface area contributed by atoms with Crippen LogP contribution in [0.25, 0.3) is 11.1 Å². The van der Waals surface area contributed by atoms with E-state index in [0.29, 0.717) is 19.7 Å². The van der Waals surface area contributed by atoms with Gasteiger partial charge in [0.25, 0.3) is 0 Å². The van der Waals surface area contributed by atoms with Crippen molar-refractivity contribution in [1.82, 2.24) is 4.90 Å². The molecule has 0 amide bonds. The maximum absolute atomic E-state index is 12.4. The van der Waals surface area contributed by atoms with E-state index < -0.39 is 0 Å². The third-order valence-electron chi connectivity index (χ3n) is 5.19. The van der Waals surface area contributed by atoms with Crippen LogP contribution in [-0.2, 0) is 0 Å². The molecule has 0 fully saturated rings. The number of alkyl halides is 1. The maximum atomic E-state index is 12.4. The molecule has 0 saturated heterocycles. The maximum Gasteiger partial charge on any atom is 0.119 e. The monoisotopic (exact) mass is 403 g/mol. The highest BCUT2D eigenvalue weighted by atomic mass is 19.1. The third-order valence-corrected chi connectivity index (χ3v) is 5.19. The lowest BCUT2D eigenvalue weighted by molar-refractivity contribution is 0.225. The Kier molecular flexibility index (Phi) is 8.22. The van der Waals surface area contributed by atoms with Crippen LogP contribution in [0.4, 0.5) is 4.39 Å². The van der Waals surface area contributed by atoms with Gasteiger partial charge in [-0.2, -0.15) is 0 Å². The Morgan fingerprint density at radius 3 is 1.90 bits per heavy atom. The topological polar surface area (TPSA) is 12.5 Å². The molecular weight excluding hydrogens is 373 g/mol. The Hall–Kier alpha value is -2.91. The molecule has 0 unspecified atom stereocenters. The number of halogens is 1. The highest BCUT2D eigenvalue weighted by Gasteiger charge is 2.13. The predicted octanol–water partition coefficient (Wildman–Crippen LogP) is 6.34. The molecule has 0 radical (unpaired) electrons. The van der Waals surface area contributed by atoms with Crippen LogP contribution in [0.2, 0.25) is 0 Å². The van der Waals surface area contributed by atoms with Crippen molar-refractivity contribution in [3.8, 4) is 5.75 Å². The number of hydrogen-bond donors (Lipinski definition) is 0. The second-order valence-corrected chi connectivity index (χ2v) is 7.30. The Morgan fingerprint density at radius 1 is 0.767 bits per heavy atom. The third kappa shape index (κ3) is 5.80. The van der Waals surface area contributed by atoms with Gasteiger partial charge < -0.3 is 9.64 Å². The van der Waals surface area contributed by atoms with Crippen molar-refractivity contribution in [3.05, 3.63) is 102 Å². The van der Waals surface area contributed by atoms with Gasteiger partial charge in [-0.25, -0.2) is 4.39 Å². The Bertz CT molecular complexity index is 920. The molecule has 0 heterocycles. The van der Waals surface area contributed by atoms with Crippen LogP contribution < -0.4 is 4.74 Å². The molecule has 2 nitrogen and oxygen atoms in total. The van der Waals surface area contributed by atoms with E-state index in [0.717, 1.165) is 12.2 Å². The molecule has 0 aromatic heterocycles. The summed E-state index contributed by atoms with van der Waals surface area (Å²) in [6.45, 7) is 3.56. The average Bonchev–Trinajstić information content (AvgIpc) is 2.79. The second kappa shape index (κ2) is 11.3. The highest BCUT2D eigenvalue weighted by Crippen LogP contribution is 2.34. The number of nitrogens with zero attached hydrogens (tertiary/aromatic N) is 1. The van der Waals surface area contributed by atoms with Crippen molar-refractivity contribution in [2.45, 2.75) is 13.3 Å². The van der Waals surface area contributed by atoms with E-state index in [4.69, 9.17) is 4.74 Å². The highest BCUT2D eigenvalue weighted by molar-refractivity contribution is 5.98. The summed E-state index contributed by atoms with van der Waals surface area (Å²) in [5, 5.41) is 0. The van der Waals surface area contributed by atoms with Gasteiger partial charge in [0.05, 0.1) is 0 Å². The van der Waals surface area contributed by atoms with Gasteiger partial charge in [-0.3, -0.25) is 0 Å². The van der Waals surface area contributed by atoms with E-state index in [1.807, 2.05) is 30.1 Å². The van der Waals surface area contributed by atoms with Gasteiger partial charge in [0.15, 0.2) is 0 Å². The van der Waals surface area contributed by atoms with E-state index in [9.17, 15) is 4.39 Å². The molecule has 3 heteroatoms. The zero-order valence-corrected chi connectivity index (χ0v) is 17.9. The summed E-state index contributed by atoms with van der Waals surface area (Å²) in [5.41, 5.74) is 6.19. The SMILES string of the molecule is CC/C(=C(\c1ccccc1)c1ccc(OCCN(C)CCF)cc1)c1ccccc1. The fourth-order valence-electron chi connectivity index (χ4n) is 3.58. The molecule has 30 heavy (non-hydrogen) atoms. The molecule has 0 aliphatic heterocycles. The second-order valence-electron chi connectivity index (χ2n) is 7.30. The number of ether oxygens (including phenoxy) is 1. The van der Waals surface area contributed by atoms with Crippen LogP contribution >= 0.6 is 0 Å². The zero-order chi connectivity index (χ0) is 21.2. The Labute approximate surface area is 179 Å². The molecule has 3 rings (SSSR count). The first kappa shape index (κ1) is 21.8. The van der Waals surface area contributed by atoms with E-state index in [-0.39, 0.29) is 6.67 Å². The van der Waals surface area contributed by atoms with Crippen LogP contribution in [0, 0.1) is 0 Å². The molecule has 0 bridgehead atoms. The van der Waals surface area contributed by atoms with E-state index in [1.165, 1.54) is 27.8 Å². The van der Waals surface area contributed by atoms with Crippen molar-refractivity contribution in [3.63, 3.8) is 0 Å². The quantitative estimate of drug-likeness (QED) is 0.367. The minimum atomic E-state index is -0.332. The minimum absolute atomic E-state index is 0.332. The van der Waals surface area contributed by atoms with Gasteiger partial charge in [-0.15, -0.1) is 0 Å². The summed E-state index contributed by atoms with van der Waals surface area (Å²) in [4.78, 5) is 1.93. The number of hydrogen-bond acceptors (Lipinski definition) is 2. The Balaban J connectivity index is 1.89. The first-order chi connectivity index (χ1) is 14.7. The van der Waals surface area contributed by atoms with Gasteiger partial charge >= 0.3 is 0 Å². The van der Waals surface area contributed by atoms with Crippen LogP contribution in [0.1, 0.15) is 30.0 Å². The number of allylic oxidation sites excluding steroid dienone is 1. The first-order valence-electron chi connectivity index (χ1n) is 10.5. The summed E-state index contributed by atoms with van der Waals surface area (Å²) in [6.07, 6.45) is 0.938. The van der Waals surface area contributed by atoms with Crippen molar-refractivity contribution in [1.29, 1.82) is 0 Å². The Morgan fingerprint density at radius 2 is 1.33 bits per heavy atom. The van der Waals surface area contributed by atoms with Gasteiger partial charge in [-0.1, -0.05) is 79.7 Å². The number of benzene rings is 3. The number of rotatable bonds is 10. The van der Waals surface area contributed by atoms with Crippen LogP contribution in [-0.4, -0.2) is 38.3 Å². The molecule has 3 aromatic carbocycles. The van der Waals surface area contributed by atoms with E-state index in [1.54, 1.807) is 0 Å². The van der Waals surface area contributed by atoms with Crippen LogP contribution in [0.15, 0.2) is 84.9 Å². The van der Waals surface area contributed by atoms with Crippen molar-refractivity contribution in [2.75, 3.05) is 33.4 Å². The average molecular weight is 404 g/mol. The fourth-order valence-corrected chi connectivity index (χ4v) is 3.58. The summed E-state index contributed by atoms with van der Waals surface area (Å²) >= 11 is 0.